The summed E-state index contributed by atoms with van der Waals surface area (Å²) in [5.41, 5.74) is 3.27. The second-order valence-corrected chi connectivity index (χ2v) is 8.36. The van der Waals surface area contributed by atoms with Crippen LogP contribution >= 0.6 is 0 Å². The molecule has 3 rings (SSSR count). The van der Waals surface area contributed by atoms with E-state index in [1.165, 1.54) is 22.7 Å². The number of aryl methyl sites for hydroxylation is 1. The third kappa shape index (κ3) is 4.40. The molecule has 0 aromatic heterocycles. The summed E-state index contributed by atoms with van der Waals surface area (Å²) >= 11 is 0. The molecule has 0 spiro atoms. The highest BCUT2D eigenvalue weighted by atomic mass is 32.2. The van der Waals surface area contributed by atoms with Gasteiger partial charge in [-0.2, -0.15) is 0 Å². The molecule has 0 atom stereocenters. The number of rotatable bonds is 6. The predicted octanol–water partition coefficient (Wildman–Crippen LogP) is 3.11. The Kier molecular flexibility index (Phi) is 5.27. The predicted molar refractivity (Wildman–Crippen MR) is 100 cm³/mol. The van der Waals surface area contributed by atoms with Crippen LogP contribution in [0, 0.1) is 5.82 Å². The van der Waals surface area contributed by atoms with E-state index in [1.807, 2.05) is 6.07 Å². The molecule has 1 aliphatic rings. The average Bonchev–Trinajstić information content (AvgIpc) is 3.00. The van der Waals surface area contributed by atoms with Crippen LogP contribution in [-0.2, 0) is 27.7 Å². The Hall–Kier alpha value is -2.41. The van der Waals surface area contributed by atoms with Crippen LogP contribution in [-0.4, -0.2) is 27.1 Å². The molecule has 2 aromatic rings. The van der Waals surface area contributed by atoms with Crippen molar-refractivity contribution in [3.63, 3.8) is 0 Å². The van der Waals surface area contributed by atoms with Gasteiger partial charge in [0.15, 0.2) is 0 Å². The minimum atomic E-state index is -3.27. The highest BCUT2D eigenvalue weighted by molar-refractivity contribution is 7.92. The number of benzene rings is 2. The third-order valence-electron chi connectivity index (χ3n) is 4.40. The van der Waals surface area contributed by atoms with E-state index < -0.39 is 10.0 Å². The molecule has 2 aromatic carbocycles. The SMILES string of the molecule is CS(=O)(=O)N1CCc2cc(NC(=O)CCCc3ccc(F)cc3)ccc21. The van der Waals surface area contributed by atoms with Crippen molar-refractivity contribution in [3.8, 4) is 0 Å². The lowest BCUT2D eigenvalue weighted by molar-refractivity contribution is -0.116. The first-order valence-corrected chi connectivity index (χ1v) is 10.3. The molecule has 7 heteroatoms. The number of nitrogens with one attached hydrogen (secondary N) is 1. The zero-order valence-electron chi connectivity index (χ0n) is 14.5. The number of fused-ring (bicyclic) bond motifs is 1. The topological polar surface area (TPSA) is 66.5 Å². The van der Waals surface area contributed by atoms with Crippen LogP contribution in [0.15, 0.2) is 42.5 Å². The van der Waals surface area contributed by atoms with E-state index in [0.29, 0.717) is 43.6 Å². The first kappa shape index (κ1) is 18.4. The van der Waals surface area contributed by atoms with Gasteiger partial charge in [-0.05, 0) is 60.7 Å². The van der Waals surface area contributed by atoms with Gasteiger partial charge >= 0.3 is 0 Å². The van der Waals surface area contributed by atoms with Crippen molar-refractivity contribution in [2.24, 2.45) is 0 Å². The van der Waals surface area contributed by atoms with Crippen molar-refractivity contribution in [3.05, 3.63) is 59.4 Å². The second-order valence-electron chi connectivity index (χ2n) is 6.46. The summed E-state index contributed by atoms with van der Waals surface area (Å²) in [6, 6.07) is 11.6. The van der Waals surface area contributed by atoms with E-state index in [9.17, 15) is 17.6 Å². The van der Waals surface area contributed by atoms with Gasteiger partial charge in [0, 0.05) is 18.7 Å². The van der Waals surface area contributed by atoms with Crippen molar-refractivity contribution < 1.29 is 17.6 Å². The largest absolute Gasteiger partial charge is 0.326 e. The molecular formula is C19H21FN2O3S. The van der Waals surface area contributed by atoms with Gasteiger partial charge < -0.3 is 5.32 Å². The molecule has 1 amide bonds. The molecule has 26 heavy (non-hydrogen) atoms. The lowest BCUT2D eigenvalue weighted by Gasteiger charge is -2.16. The van der Waals surface area contributed by atoms with E-state index in [2.05, 4.69) is 5.32 Å². The maximum atomic E-state index is 12.9. The third-order valence-corrected chi connectivity index (χ3v) is 5.58. The fourth-order valence-electron chi connectivity index (χ4n) is 3.12. The van der Waals surface area contributed by atoms with Crippen molar-refractivity contribution >= 4 is 27.3 Å². The second kappa shape index (κ2) is 7.45. The summed E-state index contributed by atoms with van der Waals surface area (Å²) in [5.74, 6) is -0.359. The first-order valence-electron chi connectivity index (χ1n) is 8.48. The minimum Gasteiger partial charge on any atom is -0.326 e. The molecule has 138 valence electrons. The summed E-state index contributed by atoms with van der Waals surface area (Å²) in [4.78, 5) is 12.1. The Labute approximate surface area is 152 Å². The van der Waals surface area contributed by atoms with Crippen LogP contribution in [0.2, 0.25) is 0 Å². The van der Waals surface area contributed by atoms with Crippen LogP contribution in [0.4, 0.5) is 15.8 Å². The van der Waals surface area contributed by atoms with Crippen LogP contribution in [0.3, 0.4) is 0 Å². The number of anilines is 2. The summed E-state index contributed by atoms with van der Waals surface area (Å²) in [7, 11) is -3.27. The van der Waals surface area contributed by atoms with Crippen molar-refractivity contribution in [1.82, 2.24) is 0 Å². The van der Waals surface area contributed by atoms with Crippen LogP contribution in [0.25, 0.3) is 0 Å². The summed E-state index contributed by atoms with van der Waals surface area (Å²) in [6.45, 7) is 0.434. The van der Waals surface area contributed by atoms with E-state index in [-0.39, 0.29) is 11.7 Å². The van der Waals surface area contributed by atoms with Crippen LogP contribution in [0.1, 0.15) is 24.0 Å². The molecule has 0 saturated heterocycles. The monoisotopic (exact) mass is 376 g/mol. The number of halogens is 1. The van der Waals surface area contributed by atoms with Gasteiger partial charge in [0.05, 0.1) is 11.9 Å². The fraction of sp³-hybridized carbons (Fsp3) is 0.316. The Morgan fingerprint density at radius 3 is 2.62 bits per heavy atom. The minimum absolute atomic E-state index is 0.0926. The molecule has 1 heterocycles. The Morgan fingerprint density at radius 1 is 1.19 bits per heavy atom. The van der Waals surface area contributed by atoms with E-state index in [4.69, 9.17) is 0 Å². The van der Waals surface area contributed by atoms with Crippen molar-refractivity contribution in [2.45, 2.75) is 25.7 Å². The zero-order chi connectivity index (χ0) is 18.7. The maximum absolute atomic E-state index is 12.9. The van der Waals surface area contributed by atoms with Gasteiger partial charge in [-0.15, -0.1) is 0 Å². The molecule has 0 fully saturated rings. The highest BCUT2D eigenvalue weighted by Crippen LogP contribution is 2.32. The Morgan fingerprint density at radius 2 is 1.92 bits per heavy atom. The van der Waals surface area contributed by atoms with Crippen LogP contribution in [0.5, 0.6) is 0 Å². The maximum Gasteiger partial charge on any atom is 0.232 e. The summed E-state index contributed by atoms with van der Waals surface area (Å²) in [6.07, 6.45) is 3.57. The molecule has 1 N–H and O–H groups in total. The van der Waals surface area contributed by atoms with E-state index in [1.54, 1.807) is 24.3 Å². The summed E-state index contributed by atoms with van der Waals surface area (Å²) in [5, 5.41) is 2.85. The number of nitrogens with zero attached hydrogens (tertiary/aromatic N) is 1. The summed E-state index contributed by atoms with van der Waals surface area (Å²) < 4.78 is 37.7. The van der Waals surface area contributed by atoms with Gasteiger partial charge in [0.1, 0.15) is 5.82 Å². The molecule has 5 nitrogen and oxygen atoms in total. The van der Waals surface area contributed by atoms with Crippen molar-refractivity contribution in [1.29, 1.82) is 0 Å². The fourth-order valence-corrected chi connectivity index (χ4v) is 4.08. The quantitative estimate of drug-likeness (QED) is 0.842. The molecule has 0 saturated carbocycles. The molecule has 1 aliphatic heterocycles. The Bertz CT molecular complexity index is 911. The molecule has 0 radical (unpaired) electrons. The number of hydrogen-bond acceptors (Lipinski definition) is 3. The smallest absolute Gasteiger partial charge is 0.232 e. The Balaban J connectivity index is 1.54. The number of sulfonamides is 1. The van der Waals surface area contributed by atoms with Crippen LogP contribution < -0.4 is 9.62 Å². The molecule has 0 unspecified atom stereocenters. The number of hydrogen-bond donors (Lipinski definition) is 1. The standard InChI is InChI=1S/C19H21FN2O3S/c1-26(24,25)22-12-11-15-13-17(9-10-18(15)22)21-19(23)4-2-3-14-5-7-16(20)8-6-14/h5-10,13H,2-4,11-12H2,1H3,(H,21,23). The van der Waals surface area contributed by atoms with Gasteiger partial charge in [0.25, 0.3) is 0 Å². The van der Waals surface area contributed by atoms with Gasteiger partial charge in [0.2, 0.25) is 15.9 Å². The number of carbonyl (C=O) groups excluding carboxylic acids is 1. The highest BCUT2D eigenvalue weighted by Gasteiger charge is 2.26. The number of carbonyl (C=O) groups is 1. The van der Waals surface area contributed by atoms with E-state index >= 15 is 0 Å². The van der Waals surface area contributed by atoms with E-state index in [0.717, 1.165) is 11.1 Å². The molecular weight excluding hydrogens is 355 g/mol. The lowest BCUT2D eigenvalue weighted by Crippen LogP contribution is -2.27. The first-order chi connectivity index (χ1) is 12.3. The van der Waals surface area contributed by atoms with Gasteiger partial charge in [-0.1, -0.05) is 12.1 Å². The average molecular weight is 376 g/mol. The molecule has 0 bridgehead atoms. The zero-order valence-corrected chi connectivity index (χ0v) is 15.4. The normalized spacial score (nSPS) is 13.5. The lowest BCUT2D eigenvalue weighted by atomic mass is 10.1. The van der Waals surface area contributed by atoms with Crippen molar-refractivity contribution in [2.75, 3.05) is 22.4 Å². The van der Waals surface area contributed by atoms with Gasteiger partial charge in [-0.3, -0.25) is 9.10 Å². The van der Waals surface area contributed by atoms with Gasteiger partial charge in [-0.25, -0.2) is 12.8 Å². The molecule has 0 aliphatic carbocycles. The number of amides is 1.